The molecule has 0 aliphatic carbocycles. The van der Waals surface area contributed by atoms with Gasteiger partial charge in [0.1, 0.15) is 5.82 Å². The minimum absolute atomic E-state index is 0. The largest absolute Gasteiger partial charge is 0.374 e. The van der Waals surface area contributed by atoms with Gasteiger partial charge in [-0.05, 0) is 37.6 Å². The van der Waals surface area contributed by atoms with E-state index in [-0.39, 0.29) is 29.8 Å². The summed E-state index contributed by atoms with van der Waals surface area (Å²) in [6, 6.07) is 8.52. The van der Waals surface area contributed by atoms with E-state index in [9.17, 15) is 4.39 Å². The molecule has 0 radical (unpaired) electrons. The van der Waals surface area contributed by atoms with Crippen LogP contribution in [0.25, 0.3) is 0 Å². The van der Waals surface area contributed by atoms with E-state index in [1.807, 2.05) is 19.2 Å². The molecule has 1 aromatic heterocycles. The van der Waals surface area contributed by atoms with Crippen molar-refractivity contribution in [2.75, 3.05) is 62.7 Å². The van der Waals surface area contributed by atoms with Crippen molar-refractivity contribution in [3.8, 4) is 0 Å². The number of hydrogen-bond donors (Lipinski definition) is 1. The van der Waals surface area contributed by atoms with Gasteiger partial charge in [0.15, 0.2) is 5.96 Å². The Kier molecular flexibility index (Phi) is 10.0. The van der Waals surface area contributed by atoms with Crippen LogP contribution in [0, 0.1) is 5.82 Å². The Hall–Kier alpha value is -2.17. The molecule has 9 heteroatoms. The first-order valence-electron chi connectivity index (χ1n) is 10.2. The number of guanidine groups is 1. The lowest BCUT2D eigenvalue weighted by molar-refractivity contribution is 0.370. The highest BCUT2D eigenvalue weighted by Gasteiger charge is 2.20. The normalized spacial score (nSPS) is 14.3. The van der Waals surface area contributed by atoms with Crippen LogP contribution in [0.3, 0.4) is 0 Å². The van der Waals surface area contributed by atoms with E-state index in [0.29, 0.717) is 0 Å². The molecule has 2 heterocycles. The number of rotatable bonds is 7. The summed E-state index contributed by atoms with van der Waals surface area (Å²) in [5, 5.41) is 3.40. The van der Waals surface area contributed by atoms with E-state index in [1.165, 1.54) is 6.07 Å². The molecular weight excluding hydrogens is 496 g/mol. The summed E-state index contributed by atoms with van der Waals surface area (Å²) in [4.78, 5) is 20.0. The van der Waals surface area contributed by atoms with Gasteiger partial charge in [0.05, 0.1) is 0 Å². The minimum Gasteiger partial charge on any atom is -0.374 e. The third-order valence-corrected chi connectivity index (χ3v) is 4.91. The Bertz CT molecular complexity index is 782. The molecule has 1 saturated heterocycles. The first-order chi connectivity index (χ1) is 14.2. The fraction of sp³-hybridized carbons (Fsp3) is 0.476. The van der Waals surface area contributed by atoms with Crippen molar-refractivity contribution in [1.82, 2.24) is 20.2 Å². The third-order valence-electron chi connectivity index (χ3n) is 4.91. The first kappa shape index (κ1) is 24.1. The number of hydrogen-bond acceptors (Lipinski definition) is 5. The molecule has 0 amide bonds. The van der Waals surface area contributed by atoms with Crippen LogP contribution >= 0.6 is 24.0 Å². The number of halogens is 2. The summed E-state index contributed by atoms with van der Waals surface area (Å²) < 4.78 is 13.4. The molecular formula is C21H31FIN7. The maximum absolute atomic E-state index is 13.4. The van der Waals surface area contributed by atoms with Gasteiger partial charge in [0, 0.05) is 70.9 Å². The fourth-order valence-electron chi connectivity index (χ4n) is 3.33. The second-order valence-electron chi connectivity index (χ2n) is 7.01. The van der Waals surface area contributed by atoms with Gasteiger partial charge in [-0.15, -0.1) is 24.0 Å². The maximum Gasteiger partial charge on any atom is 0.225 e. The SMILES string of the molecule is CCNC(=NCCCN(C)c1cccc(F)c1)N1CCN(c2ncccn2)CC1.I. The second-order valence-corrected chi connectivity index (χ2v) is 7.01. The molecule has 0 spiro atoms. The van der Waals surface area contributed by atoms with E-state index in [4.69, 9.17) is 4.99 Å². The van der Waals surface area contributed by atoms with Crippen molar-refractivity contribution in [2.45, 2.75) is 13.3 Å². The van der Waals surface area contributed by atoms with Crippen LogP contribution in [-0.4, -0.2) is 73.7 Å². The van der Waals surface area contributed by atoms with Gasteiger partial charge in [0.25, 0.3) is 0 Å². The summed E-state index contributed by atoms with van der Waals surface area (Å²) in [5.74, 6) is 1.53. The predicted molar refractivity (Wildman–Crippen MR) is 131 cm³/mol. The maximum atomic E-state index is 13.4. The predicted octanol–water partition coefficient (Wildman–Crippen LogP) is 2.85. The van der Waals surface area contributed by atoms with Crippen molar-refractivity contribution in [1.29, 1.82) is 0 Å². The van der Waals surface area contributed by atoms with Crippen molar-refractivity contribution in [2.24, 2.45) is 4.99 Å². The Labute approximate surface area is 195 Å². The van der Waals surface area contributed by atoms with Crippen LogP contribution in [0.4, 0.5) is 16.0 Å². The van der Waals surface area contributed by atoms with E-state index in [1.54, 1.807) is 24.5 Å². The molecule has 2 aromatic rings. The van der Waals surface area contributed by atoms with Crippen LogP contribution in [0.15, 0.2) is 47.7 Å². The molecule has 1 aliphatic heterocycles. The lowest BCUT2D eigenvalue weighted by Gasteiger charge is -2.36. The lowest BCUT2D eigenvalue weighted by Crippen LogP contribution is -2.53. The van der Waals surface area contributed by atoms with E-state index >= 15 is 0 Å². The Morgan fingerprint density at radius 2 is 1.90 bits per heavy atom. The van der Waals surface area contributed by atoms with Gasteiger partial charge in [0.2, 0.25) is 5.95 Å². The topological polar surface area (TPSA) is 59.9 Å². The number of benzene rings is 1. The van der Waals surface area contributed by atoms with Crippen LogP contribution in [-0.2, 0) is 0 Å². The van der Waals surface area contributed by atoms with Crippen molar-refractivity contribution in [3.05, 3.63) is 48.5 Å². The zero-order valence-corrected chi connectivity index (χ0v) is 20.0. The van der Waals surface area contributed by atoms with Crippen molar-refractivity contribution < 1.29 is 4.39 Å². The van der Waals surface area contributed by atoms with Crippen LogP contribution in [0.2, 0.25) is 0 Å². The number of nitrogens with one attached hydrogen (secondary N) is 1. The summed E-state index contributed by atoms with van der Waals surface area (Å²) in [7, 11) is 1.98. The van der Waals surface area contributed by atoms with Gasteiger partial charge in [-0.3, -0.25) is 4.99 Å². The molecule has 0 unspecified atom stereocenters. The molecule has 3 rings (SSSR count). The number of anilines is 2. The molecule has 1 fully saturated rings. The highest BCUT2D eigenvalue weighted by molar-refractivity contribution is 14.0. The average molecular weight is 527 g/mol. The Morgan fingerprint density at radius 1 is 1.17 bits per heavy atom. The first-order valence-corrected chi connectivity index (χ1v) is 10.2. The fourth-order valence-corrected chi connectivity index (χ4v) is 3.33. The second kappa shape index (κ2) is 12.5. The van der Waals surface area contributed by atoms with E-state index < -0.39 is 0 Å². The zero-order chi connectivity index (χ0) is 20.5. The van der Waals surface area contributed by atoms with Gasteiger partial charge < -0.3 is 20.0 Å². The number of nitrogens with zero attached hydrogens (tertiary/aromatic N) is 6. The summed E-state index contributed by atoms with van der Waals surface area (Å²) in [6.45, 7) is 7.98. The number of piperazine rings is 1. The van der Waals surface area contributed by atoms with Gasteiger partial charge in [-0.2, -0.15) is 0 Å². The molecule has 1 aliphatic rings. The average Bonchev–Trinajstić information content (AvgIpc) is 2.76. The molecule has 0 saturated carbocycles. The zero-order valence-electron chi connectivity index (χ0n) is 17.7. The quantitative estimate of drug-likeness (QED) is 0.259. The molecule has 1 aromatic carbocycles. The van der Waals surface area contributed by atoms with Gasteiger partial charge in [-0.1, -0.05) is 6.07 Å². The third kappa shape index (κ3) is 6.96. The monoisotopic (exact) mass is 527 g/mol. The molecule has 0 bridgehead atoms. The highest BCUT2D eigenvalue weighted by Crippen LogP contribution is 2.14. The Morgan fingerprint density at radius 3 is 2.57 bits per heavy atom. The summed E-state index contributed by atoms with van der Waals surface area (Å²) in [6.07, 6.45) is 4.46. The molecule has 1 N–H and O–H groups in total. The number of aliphatic imine (C=N–C) groups is 1. The van der Waals surface area contributed by atoms with E-state index in [0.717, 1.165) is 69.8 Å². The van der Waals surface area contributed by atoms with Crippen LogP contribution in [0.1, 0.15) is 13.3 Å². The van der Waals surface area contributed by atoms with Crippen molar-refractivity contribution >= 4 is 41.6 Å². The van der Waals surface area contributed by atoms with E-state index in [2.05, 4.69) is 36.9 Å². The van der Waals surface area contributed by atoms with Gasteiger partial charge >= 0.3 is 0 Å². The lowest BCUT2D eigenvalue weighted by atomic mass is 10.2. The molecule has 7 nitrogen and oxygen atoms in total. The molecule has 30 heavy (non-hydrogen) atoms. The Balaban J connectivity index is 0.00000320. The standard InChI is InChI=1S/C21H30FN7.HI/c1-3-23-20(26-11-6-12-27(2)19-8-4-7-18(22)17-19)28-13-15-29(16-14-28)21-24-9-5-10-25-21;/h4-5,7-10,17H,3,6,11-16H2,1-2H3,(H,23,26);1H. The molecule has 164 valence electrons. The molecule has 0 atom stereocenters. The highest BCUT2D eigenvalue weighted by atomic mass is 127. The van der Waals surface area contributed by atoms with Crippen molar-refractivity contribution in [3.63, 3.8) is 0 Å². The van der Waals surface area contributed by atoms with Gasteiger partial charge in [-0.25, -0.2) is 14.4 Å². The van der Waals surface area contributed by atoms with Crippen LogP contribution < -0.4 is 15.1 Å². The number of aromatic nitrogens is 2. The smallest absolute Gasteiger partial charge is 0.225 e. The van der Waals surface area contributed by atoms with Crippen LogP contribution in [0.5, 0.6) is 0 Å². The summed E-state index contributed by atoms with van der Waals surface area (Å²) in [5.41, 5.74) is 0.889. The minimum atomic E-state index is -0.207. The summed E-state index contributed by atoms with van der Waals surface area (Å²) >= 11 is 0.